The third-order valence-corrected chi connectivity index (χ3v) is 3.41. The van der Waals surface area contributed by atoms with E-state index in [4.69, 9.17) is 0 Å². The second-order valence-electron chi connectivity index (χ2n) is 5.64. The van der Waals surface area contributed by atoms with Crippen molar-refractivity contribution in [2.45, 2.75) is 20.3 Å². The first-order valence-corrected chi connectivity index (χ1v) is 8.27. The van der Waals surface area contributed by atoms with Crippen LogP contribution in [0.1, 0.15) is 20.3 Å². The maximum Gasteiger partial charge on any atom is 0.243 e. The quantitative estimate of drug-likeness (QED) is 0.614. The molecule has 0 saturated heterocycles. The lowest BCUT2D eigenvalue weighted by Gasteiger charge is -2.10. The van der Waals surface area contributed by atoms with Gasteiger partial charge in [-0.3, -0.25) is 14.4 Å². The van der Waals surface area contributed by atoms with E-state index in [1.165, 1.54) is 6.92 Å². The molecule has 2 aromatic carbocycles. The van der Waals surface area contributed by atoms with Gasteiger partial charge in [-0.25, -0.2) is 0 Å². The van der Waals surface area contributed by atoms with E-state index >= 15 is 0 Å². The van der Waals surface area contributed by atoms with Gasteiger partial charge in [0.15, 0.2) is 0 Å². The van der Waals surface area contributed by atoms with Gasteiger partial charge in [0.1, 0.15) is 0 Å². The highest BCUT2D eigenvalue weighted by Crippen LogP contribution is 2.16. The number of carbonyl (C=O) groups excluding carboxylic acids is 3. The van der Waals surface area contributed by atoms with Crippen LogP contribution < -0.4 is 21.3 Å². The van der Waals surface area contributed by atoms with Crippen molar-refractivity contribution >= 4 is 40.5 Å². The minimum atomic E-state index is -0.208. The largest absolute Gasteiger partial charge is 0.376 e. The molecule has 0 radical (unpaired) electrons. The van der Waals surface area contributed by atoms with Gasteiger partial charge < -0.3 is 21.3 Å². The van der Waals surface area contributed by atoms with Crippen LogP contribution in [0.15, 0.2) is 48.5 Å². The number of anilines is 4. The molecule has 0 saturated carbocycles. The average molecular weight is 354 g/mol. The van der Waals surface area contributed by atoms with E-state index in [2.05, 4.69) is 21.3 Å². The van der Waals surface area contributed by atoms with Crippen LogP contribution >= 0.6 is 0 Å². The Morgan fingerprint density at radius 2 is 1.35 bits per heavy atom. The number of amides is 3. The fourth-order valence-electron chi connectivity index (χ4n) is 2.18. The van der Waals surface area contributed by atoms with Crippen molar-refractivity contribution in [2.75, 3.05) is 27.8 Å². The Morgan fingerprint density at radius 3 is 1.92 bits per heavy atom. The highest BCUT2D eigenvalue weighted by Gasteiger charge is 2.04. The average Bonchev–Trinajstić information content (AvgIpc) is 2.61. The molecule has 4 N–H and O–H groups in total. The van der Waals surface area contributed by atoms with Crippen molar-refractivity contribution in [1.82, 2.24) is 0 Å². The second-order valence-corrected chi connectivity index (χ2v) is 5.64. The first-order valence-electron chi connectivity index (χ1n) is 8.27. The molecule has 0 atom stereocenters. The van der Waals surface area contributed by atoms with E-state index in [1.807, 2.05) is 6.07 Å². The minimum absolute atomic E-state index is 0.0625. The van der Waals surface area contributed by atoms with Crippen LogP contribution in [0.2, 0.25) is 0 Å². The minimum Gasteiger partial charge on any atom is -0.376 e. The molecule has 2 aromatic rings. The summed E-state index contributed by atoms with van der Waals surface area (Å²) >= 11 is 0. The zero-order chi connectivity index (χ0) is 18.9. The van der Waals surface area contributed by atoms with E-state index in [1.54, 1.807) is 49.4 Å². The molecule has 2 rings (SSSR count). The normalized spacial score (nSPS) is 9.92. The maximum atomic E-state index is 12.0. The second kappa shape index (κ2) is 9.22. The molecule has 7 heteroatoms. The van der Waals surface area contributed by atoms with E-state index in [-0.39, 0.29) is 24.3 Å². The summed E-state index contributed by atoms with van der Waals surface area (Å²) in [7, 11) is 0. The monoisotopic (exact) mass is 354 g/mol. The summed E-state index contributed by atoms with van der Waals surface area (Å²) < 4.78 is 0. The molecule has 7 nitrogen and oxygen atoms in total. The highest BCUT2D eigenvalue weighted by molar-refractivity contribution is 5.95. The van der Waals surface area contributed by atoms with Gasteiger partial charge in [0.2, 0.25) is 17.7 Å². The summed E-state index contributed by atoms with van der Waals surface area (Å²) in [6.45, 7) is 3.30. The van der Waals surface area contributed by atoms with Gasteiger partial charge in [0.25, 0.3) is 0 Å². The zero-order valence-electron chi connectivity index (χ0n) is 14.8. The fraction of sp³-hybridized carbons (Fsp3) is 0.211. The Kier molecular flexibility index (Phi) is 6.73. The van der Waals surface area contributed by atoms with Gasteiger partial charge in [-0.1, -0.05) is 13.0 Å². The van der Waals surface area contributed by atoms with Crippen molar-refractivity contribution in [3.8, 4) is 0 Å². The molecule has 136 valence electrons. The number of benzene rings is 2. The van der Waals surface area contributed by atoms with E-state index in [0.717, 1.165) is 5.69 Å². The summed E-state index contributed by atoms with van der Waals surface area (Å²) in [5.41, 5.74) is 2.71. The zero-order valence-corrected chi connectivity index (χ0v) is 14.8. The van der Waals surface area contributed by atoms with Crippen LogP contribution in [0.5, 0.6) is 0 Å². The Labute approximate surface area is 152 Å². The van der Waals surface area contributed by atoms with Crippen LogP contribution in [0, 0.1) is 0 Å². The number of hydrogen-bond donors (Lipinski definition) is 4. The fourth-order valence-corrected chi connectivity index (χ4v) is 2.18. The molecule has 0 fully saturated rings. The van der Waals surface area contributed by atoms with Crippen molar-refractivity contribution < 1.29 is 14.4 Å². The molecule has 0 aromatic heterocycles. The van der Waals surface area contributed by atoms with Crippen LogP contribution in [0.4, 0.5) is 22.7 Å². The van der Waals surface area contributed by atoms with Crippen molar-refractivity contribution in [2.24, 2.45) is 0 Å². The molecule has 0 spiro atoms. The molecule has 0 bridgehead atoms. The van der Waals surface area contributed by atoms with Crippen LogP contribution in [-0.4, -0.2) is 24.3 Å². The summed E-state index contributed by atoms with van der Waals surface area (Å²) in [5, 5.41) is 11.2. The molecular weight excluding hydrogens is 332 g/mol. The maximum absolute atomic E-state index is 12.0. The van der Waals surface area contributed by atoms with Crippen LogP contribution in [-0.2, 0) is 14.4 Å². The lowest BCUT2D eigenvalue weighted by molar-refractivity contribution is -0.116. The number of hydrogen-bond acceptors (Lipinski definition) is 4. The standard InChI is InChI=1S/C19H22N4O3/c1-3-18(25)22-14-7-9-15(10-8-14)23-19(26)12-20-16-5-4-6-17(11-16)21-13(2)24/h4-11,20H,3,12H2,1-2H3,(H,21,24)(H,22,25)(H,23,26). The Hall–Kier alpha value is -3.35. The SMILES string of the molecule is CCC(=O)Nc1ccc(NC(=O)CNc2cccc(NC(C)=O)c2)cc1. The summed E-state index contributed by atoms with van der Waals surface area (Å²) in [5.74, 6) is -0.425. The molecule has 0 aliphatic carbocycles. The van der Waals surface area contributed by atoms with Gasteiger partial charge in [-0.05, 0) is 42.5 Å². The molecule has 26 heavy (non-hydrogen) atoms. The molecule has 0 unspecified atom stereocenters. The van der Waals surface area contributed by atoms with Crippen LogP contribution in [0.3, 0.4) is 0 Å². The smallest absolute Gasteiger partial charge is 0.243 e. The topological polar surface area (TPSA) is 99.3 Å². The van der Waals surface area contributed by atoms with E-state index in [9.17, 15) is 14.4 Å². The molecular formula is C19H22N4O3. The third-order valence-electron chi connectivity index (χ3n) is 3.41. The van der Waals surface area contributed by atoms with E-state index in [0.29, 0.717) is 23.5 Å². The molecule has 0 aliphatic rings. The first-order chi connectivity index (χ1) is 12.5. The lowest BCUT2D eigenvalue weighted by atomic mass is 10.2. The Morgan fingerprint density at radius 1 is 0.769 bits per heavy atom. The summed E-state index contributed by atoms with van der Waals surface area (Å²) in [4.78, 5) is 34.5. The Bertz CT molecular complexity index is 788. The van der Waals surface area contributed by atoms with Gasteiger partial charge in [0, 0.05) is 36.1 Å². The van der Waals surface area contributed by atoms with E-state index < -0.39 is 0 Å². The number of nitrogens with one attached hydrogen (secondary N) is 4. The first kappa shape index (κ1) is 19.0. The van der Waals surface area contributed by atoms with Crippen LogP contribution in [0.25, 0.3) is 0 Å². The number of rotatable bonds is 7. The highest BCUT2D eigenvalue weighted by atomic mass is 16.2. The van der Waals surface area contributed by atoms with Crippen molar-refractivity contribution in [3.63, 3.8) is 0 Å². The van der Waals surface area contributed by atoms with Gasteiger partial charge in [-0.2, -0.15) is 0 Å². The summed E-state index contributed by atoms with van der Waals surface area (Å²) in [6.07, 6.45) is 0.410. The summed E-state index contributed by atoms with van der Waals surface area (Å²) in [6, 6.07) is 14.0. The lowest BCUT2D eigenvalue weighted by Crippen LogP contribution is -2.21. The third kappa shape index (κ3) is 6.27. The number of carbonyl (C=O) groups is 3. The van der Waals surface area contributed by atoms with Crippen molar-refractivity contribution in [3.05, 3.63) is 48.5 Å². The van der Waals surface area contributed by atoms with Gasteiger partial charge in [-0.15, -0.1) is 0 Å². The Balaban J connectivity index is 1.85. The van der Waals surface area contributed by atoms with Crippen molar-refractivity contribution in [1.29, 1.82) is 0 Å². The van der Waals surface area contributed by atoms with Gasteiger partial charge in [0.05, 0.1) is 6.54 Å². The van der Waals surface area contributed by atoms with Gasteiger partial charge >= 0.3 is 0 Å². The molecule has 0 aliphatic heterocycles. The molecule has 0 heterocycles. The molecule has 3 amide bonds. The predicted octanol–water partition coefficient (Wildman–Crippen LogP) is 3.04. The predicted molar refractivity (Wildman–Crippen MR) is 103 cm³/mol.